The number of nitrogens with zero attached hydrogens (tertiary/aromatic N) is 2. The molecule has 0 radical (unpaired) electrons. The number of carbonyl (C=O) groups excluding carboxylic acids is 1. The van der Waals surface area contributed by atoms with E-state index in [9.17, 15) is 4.79 Å². The van der Waals surface area contributed by atoms with Crippen LogP contribution in [-0.2, 0) is 0 Å². The molecule has 0 aromatic carbocycles. The maximum atomic E-state index is 11.8. The lowest BCUT2D eigenvalue weighted by Gasteiger charge is -2.34. The van der Waals surface area contributed by atoms with Gasteiger partial charge in [0, 0.05) is 6.04 Å². The molecular weight excluding hydrogens is 236 g/mol. The van der Waals surface area contributed by atoms with Crippen LogP contribution in [0.15, 0.2) is 5.51 Å². The Labute approximate surface area is 105 Å². The second-order valence-corrected chi connectivity index (χ2v) is 5.59. The Bertz CT molecular complexity index is 358. The molecule has 1 heterocycles. The molecule has 2 unspecified atom stereocenters. The van der Waals surface area contributed by atoms with Crippen LogP contribution in [-0.4, -0.2) is 22.3 Å². The molecule has 1 saturated carbocycles. The third-order valence-electron chi connectivity index (χ3n) is 3.42. The number of hydrogen-bond donors (Lipinski definition) is 2. The Hall–Kier alpha value is -1.17. The SMILES string of the molecule is CC1CCCC(C)C1NC(=O)Nc1nncs1. The fourth-order valence-corrected chi connectivity index (χ4v) is 2.92. The average Bonchev–Trinajstić information content (AvgIpc) is 2.76. The number of hydrogen-bond acceptors (Lipinski definition) is 4. The van der Waals surface area contributed by atoms with Crippen LogP contribution in [0.25, 0.3) is 0 Å². The Morgan fingerprint density at radius 3 is 2.71 bits per heavy atom. The Morgan fingerprint density at radius 2 is 2.12 bits per heavy atom. The summed E-state index contributed by atoms with van der Waals surface area (Å²) in [6.07, 6.45) is 3.64. The van der Waals surface area contributed by atoms with Crippen molar-refractivity contribution in [2.75, 3.05) is 5.32 Å². The minimum atomic E-state index is -0.174. The Balaban J connectivity index is 1.88. The van der Waals surface area contributed by atoms with E-state index in [2.05, 4.69) is 34.7 Å². The van der Waals surface area contributed by atoms with E-state index in [1.165, 1.54) is 30.6 Å². The van der Waals surface area contributed by atoms with Crippen molar-refractivity contribution in [2.45, 2.75) is 39.2 Å². The Kier molecular flexibility index (Phi) is 3.93. The zero-order valence-electron chi connectivity index (χ0n) is 10.1. The summed E-state index contributed by atoms with van der Waals surface area (Å²) in [6.45, 7) is 4.40. The van der Waals surface area contributed by atoms with E-state index in [1.54, 1.807) is 5.51 Å². The van der Waals surface area contributed by atoms with E-state index >= 15 is 0 Å². The molecule has 0 spiro atoms. The molecule has 1 fully saturated rings. The van der Waals surface area contributed by atoms with E-state index in [0.29, 0.717) is 17.0 Å². The first kappa shape index (κ1) is 12.3. The number of nitrogens with one attached hydrogen (secondary N) is 2. The van der Waals surface area contributed by atoms with E-state index in [-0.39, 0.29) is 12.1 Å². The minimum absolute atomic E-state index is 0.174. The highest BCUT2D eigenvalue weighted by Gasteiger charge is 2.28. The van der Waals surface area contributed by atoms with Crippen molar-refractivity contribution in [3.05, 3.63) is 5.51 Å². The summed E-state index contributed by atoms with van der Waals surface area (Å²) in [7, 11) is 0. The van der Waals surface area contributed by atoms with Gasteiger partial charge >= 0.3 is 6.03 Å². The van der Waals surface area contributed by atoms with Gasteiger partial charge in [-0.15, -0.1) is 10.2 Å². The fourth-order valence-electron chi connectivity index (χ4n) is 2.48. The van der Waals surface area contributed by atoms with Crippen molar-refractivity contribution >= 4 is 22.5 Å². The molecule has 17 heavy (non-hydrogen) atoms. The van der Waals surface area contributed by atoms with E-state index < -0.39 is 0 Å². The van der Waals surface area contributed by atoms with Crippen LogP contribution < -0.4 is 10.6 Å². The van der Waals surface area contributed by atoms with Crippen LogP contribution in [0.1, 0.15) is 33.1 Å². The molecule has 0 saturated heterocycles. The lowest BCUT2D eigenvalue weighted by atomic mass is 9.79. The largest absolute Gasteiger partial charge is 0.335 e. The smallest absolute Gasteiger partial charge is 0.321 e. The number of anilines is 1. The van der Waals surface area contributed by atoms with Gasteiger partial charge in [0.25, 0.3) is 0 Å². The first-order chi connectivity index (χ1) is 8.16. The molecule has 5 nitrogen and oxygen atoms in total. The molecule has 1 aromatic heterocycles. The molecule has 0 aliphatic heterocycles. The topological polar surface area (TPSA) is 66.9 Å². The molecule has 94 valence electrons. The van der Waals surface area contributed by atoms with Crippen LogP contribution in [0.4, 0.5) is 9.93 Å². The van der Waals surface area contributed by atoms with Crippen molar-refractivity contribution < 1.29 is 4.79 Å². The molecule has 2 atom stereocenters. The van der Waals surface area contributed by atoms with E-state index in [0.717, 1.165) is 0 Å². The summed E-state index contributed by atoms with van der Waals surface area (Å²) in [5, 5.41) is 13.8. The highest BCUT2D eigenvalue weighted by atomic mass is 32.1. The quantitative estimate of drug-likeness (QED) is 0.852. The monoisotopic (exact) mass is 254 g/mol. The van der Waals surface area contributed by atoms with E-state index in [4.69, 9.17) is 0 Å². The standard InChI is InChI=1S/C11H18N4OS/c1-7-4-3-5-8(2)9(7)13-10(16)14-11-15-12-6-17-11/h6-9H,3-5H2,1-2H3,(H2,13,14,15,16). The predicted octanol–water partition coefficient (Wildman–Crippen LogP) is 2.48. The van der Waals surface area contributed by atoms with Crippen molar-refractivity contribution in [1.82, 2.24) is 15.5 Å². The van der Waals surface area contributed by atoms with Gasteiger partial charge in [-0.3, -0.25) is 5.32 Å². The van der Waals surface area contributed by atoms with Crippen LogP contribution in [0.3, 0.4) is 0 Å². The second-order valence-electron chi connectivity index (χ2n) is 4.75. The van der Waals surface area contributed by atoms with Gasteiger partial charge in [-0.2, -0.15) is 0 Å². The third kappa shape index (κ3) is 3.15. The molecule has 1 aromatic rings. The lowest BCUT2D eigenvalue weighted by Crippen LogP contribution is -2.47. The first-order valence-corrected chi connectivity index (χ1v) is 6.88. The zero-order chi connectivity index (χ0) is 12.3. The molecule has 2 amide bonds. The van der Waals surface area contributed by atoms with Gasteiger partial charge in [0.1, 0.15) is 5.51 Å². The summed E-state index contributed by atoms with van der Waals surface area (Å²) < 4.78 is 0. The normalized spacial score (nSPS) is 28.7. The van der Waals surface area contributed by atoms with Crippen LogP contribution in [0, 0.1) is 11.8 Å². The molecule has 1 aliphatic rings. The molecule has 1 aliphatic carbocycles. The highest BCUT2D eigenvalue weighted by Crippen LogP contribution is 2.28. The minimum Gasteiger partial charge on any atom is -0.335 e. The molecular formula is C11H18N4OS. The number of rotatable bonds is 2. The van der Waals surface area contributed by atoms with Crippen LogP contribution in [0.5, 0.6) is 0 Å². The summed E-state index contributed by atoms with van der Waals surface area (Å²) in [5.74, 6) is 1.08. The highest BCUT2D eigenvalue weighted by molar-refractivity contribution is 7.13. The van der Waals surface area contributed by atoms with Gasteiger partial charge in [0.2, 0.25) is 5.13 Å². The van der Waals surface area contributed by atoms with Crippen molar-refractivity contribution in [3.63, 3.8) is 0 Å². The number of urea groups is 1. The third-order valence-corrected chi connectivity index (χ3v) is 4.03. The lowest BCUT2D eigenvalue weighted by molar-refractivity contribution is 0.202. The molecule has 6 heteroatoms. The zero-order valence-corrected chi connectivity index (χ0v) is 11.0. The first-order valence-electron chi connectivity index (χ1n) is 6.00. The number of carbonyl (C=O) groups is 1. The average molecular weight is 254 g/mol. The summed E-state index contributed by atoms with van der Waals surface area (Å²) >= 11 is 1.32. The second kappa shape index (κ2) is 5.44. The van der Waals surface area contributed by atoms with E-state index in [1.807, 2.05) is 0 Å². The van der Waals surface area contributed by atoms with Crippen LogP contribution >= 0.6 is 11.3 Å². The number of amides is 2. The summed E-state index contributed by atoms with van der Waals surface area (Å²) in [5.41, 5.74) is 1.60. The van der Waals surface area contributed by atoms with Gasteiger partial charge in [-0.05, 0) is 24.7 Å². The van der Waals surface area contributed by atoms with Crippen molar-refractivity contribution in [1.29, 1.82) is 0 Å². The van der Waals surface area contributed by atoms with Gasteiger partial charge in [0.05, 0.1) is 0 Å². The van der Waals surface area contributed by atoms with Gasteiger partial charge < -0.3 is 5.32 Å². The van der Waals surface area contributed by atoms with Crippen molar-refractivity contribution in [2.24, 2.45) is 11.8 Å². The van der Waals surface area contributed by atoms with Crippen molar-refractivity contribution in [3.8, 4) is 0 Å². The summed E-state index contributed by atoms with van der Waals surface area (Å²) in [4.78, 5) is 11.8. The maximum Gasteiger partial charge on any atom is 0.321 e. The van der Waals surface area contributed by atoms with Crippen LogP contribution in [0.2, 0.25) is 0 Å². The summed E-state index contributed by atoms with van der Waals surface area (Å²) in [6, 6.07) is 0.0871. The number of aromatic nitrogens is 2. The maximum absolute atomic E-state index is 11.8. The predicted molar refractivity (Wildman–Crippen MR) is 68.0 cm³/mol. The van der Waals surface area contributed by atoms with Gasteiger partial charge in [-0.25, -0.2) is 4.79 Å². The van der Waals surface area contributed by atoms with Gasteiger partial charge in [0.15, 0.2) is 0 Å². The Morgan fingerprint density at radius 1 is 1.41 bits per heavy atom. The van der Waals surface area contributed by atoms with Gasteiger partial charge in [-0.1, -0.05) is 31.6 Å². The molecule has 2 N–H and O–H groups in total. The molecule has 0 bridgehead atoms. The molecule has 2 rings (SSSR count). The fraction of sp³-hybridized carbons (Fsp3) is 0.727.